The van der Waals surface area contributed by atoms with Crippen LogP contribution in [0.15, 0.2) is 47.4 Å². The minimum Gasteiger partial charge on any atom is -0.465 e. The number of rotatable bonds is 3. The highest BCUT2D eigenvalue weighted by Gasteiger charge is 2.31. The number of esters is 1. The fourth-order valence-electron chi connectivity index (χ4n) is 2.46. The number of methoxy groups -OCH3 is 1. The third-order valence-electron chi connectivity index (χ3n) is 3.74. The van der Waals surface area contributed by atoms with Crippen molar-refractivity contribution >= 4 is 33.3 Å². The van der Waals surface area contributed by atoms with Crippen LogP contribution in [-0.4, -0.2) is 32.5 Å². The summed E-state index contributed by atoms with van der Waals surface area (Å²) in [4.78, 5) is 11.6. The van der Waals surface area contributed by atoms with Crippen LogP contribution in [0.1, 0.15) is 15.9 Å². The van der Waals surface area contributed by atoms with Crippen LogP contribution < -0.4 is 5.32 Å². The lowest BCUT2D eigenvalue weighted by molar-refractivity contribution is 0.0600. The number of hydrogen-bond acceptors (Lipinski definition) is 5. The summed E-state index contributed by atoms with van der Waals surface area (Å²) < 4.78 is 31.4. The molecule has 0 radical (unpaired) electrons. The predicted molar refractivity (Wildman–Crippen MR) is 90.5 cm³/mol. The minimum absolute atomic E-state index is 0.160. The molecule has 0 amide bonds. The van der Waals surface area contributed by atoms with Crippen LogP contribution in [0.3, 0.4) is 0 Å². The van der Waals surface area contributed by atoms with Crippen molar-refractivity contribution in [3.63, 3.8) is 0 Å². The highest BCUT2D eigenvalue weighted by molar-refractivity contribution is 7.89. The molecule has 0 spiro atoms. The van der Waals surface area contributed by atoms with Gasteiger partial charge in [0.1, 0.15) is 4.90 Å². The Balaban J connectivity index is 1.85. The summed E-state index contributed by atoms with van der Waals surface area (Å²) in [6, 6.07) is 11.4. The molecule has 126 valence electrons. The van der Waals surface area contributed by atoms with Gasteiger partial charge in [-0.1, -0.05) is 23.7 Å². The van der Waals surface area contributed by atoms with E-state index in [1.807, 2.05) is 0 Å². The van der Waals surface area contributed by atoms with Crippen molar-refractivity contribution in [2.75, 3.05) is 19.1 Å². The summed E-state index contributed by atoms with van der Waals surface area (Å²) in [5.41, 5.74) is 1.72. The Morgan fingerprint density at radius 3 is 2.62 bits per heavy atom. The first-order valence-corrected chi connectivity index (χ1v) is 8.94. The van der Waals surface area contributed by atoms with Crippen LogP contribution in [-0.2, 0) is 21.3 Å². The average molecular weight is 367 g/mol. The van der Waals surface area contributed by atoms with Crippen molar-refractivity contribution in [2.45, 2.75) is 11.4 Å². The summed E-state index contributed by atoms with van der Waals surface area (Å²) in [5, 5.41) is 3.43. The molecule has 1 heterocycles. The molecule has 1 N–H and O–H groups in total. The van der Waals surface area contributed by atoms with Crippen molar-refractivity contribution in [3.05, 3.63) is 58.6 Å². The fourth-order valence-corrected chi connectivity index (χ4v) is 4.22. The third kappa shape index (κ3) is 3.10. The Morgan fingerprint density at radius 1 is 1.25 bits per heavy atom. The van der Waals surface area contributed by atoms with E-state index < -0.39 is 16.0 Å². The highest BCUT2D eigenvalue weighted by atomic mass is 35.5. The first-order chi connectivity index (χ1) is 11.4. The molecule has 3 rings (SSSR count). The SMILES string of the molecule is COC(=O)c1ccc(CN2CNc3ccc(Cl)cc3S2(=O)=O)cc1. The van der Waals surface area contributed by atoms with Crippen molar-refractivity contribution < 1.29 is 17.9 Å². The highest BCUT2D eigenvalue weighted by Crippen LogP contribution is 2.32. The zero-order valence-electron chi connectivity index (χ0n) is 12.8. The van der Waals surface area contributed by atoms with Gasteiger partial charge in [0.2, 0.25) is 10.0 Å². The molecule has 0 aromatic heterocycles. The van der Waals surface area contributed by atoms with E-state index in [-0.39, 0.29) is 18.1 Å². The molecule has 0 saturated heterocycles. The van der Waals surface area contributed by atoms with Gasteiger partial charge in [0.25, 0.3) is 0 Å². The predicted octanol–water partition coefficient (Wildman–Crippen LogP) is 2.70. The quantitative estimate of drug-likeness (QED) is 0.845. The molecule has 0 saturated carbocycles. The summed E-state index contributed by atoms with van der Waals surface area (Å²) in [6.07, 6.45) is 0. The zero-order chi connectivity index (χ0) is 17.3. The van der Waals surface area contributed by atoms with Crippen LogP contribution in [0, 0.1) is 0 Å². The smallest absolute Gasteiger partial charge is 0.337 e. The topological polar surface area (TPSA) is 75.7 Å². The lowest BCUT2D eigenvalue weighted by atomic mass is 10.1. The minimum atomic E-state index is -3.64. The van der Waals surface area contributed by atoms with Gasteiger partial charge in [0.05, 0.1) is 25.0 Å². The molecule has 0 atom stereocenters. The van der Waals surface area contributed by atoms with E-state index >= 15 is 0 Å². The van der Waals surface area contributed by atoms with Crippen LogP contribution in [0.25, 0.3) is 0 Å². The molecular weight excluding hydrogens is 352 g/mol. The number of nitrogens with zero attached hydrogens (tertiary/aromatic N) is 1. The van der Waals surface area contributed by atoms with Gasteiger partial charge in [-0.2, -0.15) is 4.31 Å². The lowest BCUT2D eigenvalue weighted by Gasteiger charge is -2.29. The van der Waals surface area contributed by atoms with Crippen molar-refractivity contribution in [2.24, 2.45) is 0 Å². The van der Waals surface area contributed by atoms with E-state index in [4.69, 9.17) is 11.6 Å². The van der Waals surface area contributed by atoms with Crippen LogP contribution in [0.2, 0.25) is 5.02 Å². The Morgan fingerprint density at radius 2 is 1.96 bits per heavy atom. The number of carbonyl (C=O) groups is 1. The van der Waals surface area contributed by atoms with E-state index in [0.29, 0.717) is 16.3 Å². The first kappa shape index (κ1) is 16.8. The maximum absolute atomic E-state index is 12.7. The van der Waals surface area contributed by atoms with Gasteiger partial charge in [0.15, 0.2) is 0 Å². The van der Waals surface area contributed by atoms with Gasteiger partial charge < -0.3 is 10.1 Å². The normalized spacial score (nSPS) is 16.1. The number of ether oxygens (including phenoxy) is 1. The van der Waals surface area contributed by atoms with Crippen LogP contribution in [0.5, 0.6) is 0 Å². The number of nitrogens with one attached hydrogen (secondary N) is 1. The van der Waals surface area contributed by atoms with Crippen LogP contribution in [0.4, 0.5) is 5.69 Å². The number of sulfonamides is 1. The van der Waals surface area contributed by atoms with Gasteiger partial charge in [-0.05, 0) is 35.9 Å². The van der Waals surface area contributed by atoms with E-state index in [0.717, 1.165) is 5.56 Å². The van der Waals surface area contributed by atoms with E-state index in [2.05, 4.69) is 10.1 Å². The molecule has 0 unspecified atom stereocenters. The van der Waals surface area contributed by atoms with Gasteiger partial charge in [0, 0.05) is 11.6 Å². The maximum Gasteiger partial charge on any atom is 0.337 e. The Hall–Kier alpha value is -2.09. The average Bonchev–Trinajstić information content (AvgIpc) is 2.58. The molecule has 6 nitrogen and oxygen atoms in total. The number of anilines is 1. The first-order valence-electron chi connectivity index (χ1n) is 7.12. The number of carbonyl (C=O) groups excluding carboxylic acids is 1. The molecule has 8 heteroatoms. The molecule has 1 aliphatic rings. The Labute approximate surface area is 145 Å². The van der Waals surface area contributed by atoms with E-state index in [1.54, 1.807) is 36.4 Å². The van der Waals surface area contributed by atoms with Gasteiger partial charge >= 0.3 is 5.97 Å². The zero-order valence-corrected chi connectivity index (χ0v) is 14.4. The summed E-state index contributed by atoms with van der Waals surface area (Å²) in [5.74, 6) is -0.433. The molecule has 1 aliphatic heterocycles. The lowest BCUT2D eigenvalue weighted by Crippen LogP contribution is -2.39. The summed E-state index contributed by atoms with van der Waals surface area (Å²) in [7, 11) is -2.33. The van der Waals surface area contributed by atoms with Gasteiger partial charge in [-0.25, -0.2) is 13.2 Å². The van der Waals surface area contributed by atoms with Crippen molar-refractivity contribution in [1.82, 2.24) is 4.31 Å². The van der Waals surface area contributed by atoms with Gasteiger partial charge in [-0.15, -0.1) is 0 Å². The molecule has 24 heavy (non-hydrogen) atoms. The molecule has 0 fully saturated rings. The molecule has 2 aromatic carbocycles. The Kier molecular flexibility index (Phi) is 4.49. The second-order valence-corrected chi connectivity index (χ2v) is 7.62. The summed E-state index contributed by atoms with van der Waals surface area (Å²) in [6.45, 7) is 0.346. The summed E-state index contributed by atoms with van der Waals surface area (Å²) >= 11 is 5.92. The second-order valence-electron chi connectivity index (χ2n) is 5.28. The monoisotopic (exact) mass is 366 g/mol. The second kappa shape index (κ2) is 6.43. The number of hydrogen-bond donors (Lipinski definition) is 1. The number of benzene rings is 2. The Bertz CT molecular complexity index is 881. The third-order valence-corrected chi connectivity index (χ3v) is 5.81. The van der Waals surface area contributed by atoms with Crippen molar-refractivity contribution in [3.8, 4) is 0 Å². The molecule has 2 aromatic rings. The van der Waals surface area contributed by atoms with E-state index in [9.17, 15) is 13.2 Å². The standard InChI is InChI=1S/C16H15ClN2O4S/c1-23-16(20)12-4-2-11(3-5-12)9-19-10-18-14-7-6-13(17)8-15(14)24(19,21)22/h2-8,18H,9-10H2,1H3. The largest absolute Gasteiger partial charge is 0.465 e. The number of halogens is 1. The van der Waals surface area contributed by atoms with Crippen molar-refractivity contribution in [1.29, 1.82) is 0 Å². The van der Waals surface area contributed by atoms with Crippen LogP contribution >= 0.6 is 11.6 Å². The maximum atomic E-state index is 12.7. The van der Waals surface area contributed by atoms with E-state index in [1.165, 1.54) is 17.5 Å². The molecule has 0 bridgehead atoms. The van der Waals surface area contributed by atoms with Gasteiger partial charge in [-0.3, -0.25) is 0 Å². The molecular formula is C16H15ClN2O4S. The number of fused-ring (bicyclic) bond motifs is 1. The molecule has 0 aliphatic carbocycles. The fraction of sp³-hybridized carbons (Fsp3) is 0.188.